The van der Waals surface area contributed by atoms with Gasteiger partial charge in [0.25, 0.3) is 0 Å². The van der Waals surface area contributed by atoms with Gasteiger partial charge in [-0.15, -0.1) is 11.3 Å². The molecule has 0 unspecified atom stereocenters. The predicted molar refractivity (Wildman–Crippen MR) is 114 cm³/mol. The van der Waals surface area contributed by atoms with Crippen LogP contribution in [0.3, 0.4) is 0 Å². The summed E-state index contributed by atoms with van der Waals surface area (Å²) in [6, 6.07) is 12.7. The second-order valence-corrected chi connectivity index (χ2v) is 9.84. The SMILES string of the molecule is O=C(NCCc1ccco1)C(=O)NC[C@@H](c1cccs1)S(=O)(=O)c1ccc(Cl)cc1. The summed E-state index contributed by atoms with van der Waals surface area (Å²) in [7, 11) is -3.82. The smallest absolute Gasteiger partial charge is 0.309 e. The second-order valence-electron chi connectivity index (χ2n) is 6.30. The average Bonchev–Trinajstić information content (AvgIpc) is 3.42. The van der Waals surface area contributed by atoms with Gasteiger partial charge in [0.2, 0.25) is 0 Å². The van der Waals surface area contributed by atoms with Gasteiger partial charge in [-0.05, 0) is 47.8 Å². The van der Waals surface area contributed by atoms with Gasteiger partial charge in [-0.2, -0.15) is 0 Å². The molecule has 0 bridgehead atoms. The lowest BCUT2D eigenvalue weighted by Crippen LogP contribution is -2.42. The Hall–Kier alpha value is -2.62. The van der Waals surface area contributed by atoms with Crippen molar-refractivity contribution in [3.8, 4) is 0 Å². The minimum Gasteiger partial charge on any atom is -0.469 e. The maximum atomic E-state index is 13.1. The molecule has 0 spiro atoms. The van der Waals surface area contributed by atoms with Crippen molar-refractivity contribution in [2.75, 3.05) is 13.1 Å². The molecule has 158 valence electrons. The topological polar surface area (TPSA) is 105 Å². The highest BCUT2D eigenvalue weighted by Gasteiger charge is 2.31. The first-order valence-corrected chi connectivity index (χ1v) is 11.8. The Morgan fingerprint density at radius 2 is 1.77 bits per heavy atom. The number of carbonyl (C=O) groups excluding carboxylic acids is 2. The van der Waals surface area contributed by atoms with Crippen molar-refractivity contribution in [1.82, 2.24) is 10.6 Å². The Morgan fingerprint density at radius 1 is 1.03 bits per heavy atom. The number of amides is 2. The van der Waals surface area contributed by atoms with E-state index in [-0.39, 0.29) is 18.0 Å². The van der Waals surface area contributed by atoms with Crippen molar-refractivity contribution >= 4 is 44.6 Å². The van der Waals surface area contributed by atoms with Crippen LogP contribution in [0.1, 0.15) is 15.9 Å². The fourth-order valence-corrected chi connectivity index (χ4v) is 5.64. The molecule has 30 heavy (non-hydrogen) atoms. The third-order valence-electron chi connectivity index (χ3n) is 4.27. The number of sulfone groups is 1. The van der Waals surface area contributed by atoms with Crippen molar-refractivity contribution in [1.29, 1.82) is 0 Å². The van der Waals surface area contributed by atoms with Crippen molar-refractivity contribution in [3.05, 3.63) is 75.8 Å². The molecule has 2 aromatic heterocycles. The van der Waals surface area contributed by atoms with Crippen molar-refractivity contribution < 1.29 is 22.4 Å². The first-order valence-electron chi connectivity index (χ1n) is 8.99. The average molecular weight is 467 g/mol. The third kappa shape index (κ3) is 5.50. The number of carbonyl (C=O) groups is 2. The maximum absolute atomic E-state index is 13.1. The van der Waals surface area contributed by atoms with Crippen molar-refractivity contribution in [3.63, 3.8) is 0 Å². The van der Waals surface area contributed by atoms with Crippen LogP contribution in [-0.2, 0) is 25.8 Å². The van der Waals surface area contributed by atoms with Gasteiger partial charge in [0.05, 0.1) is 11.2 Å². The molecule has 3 rings (SSSR count). The van der Waals surface area contributed by atoms with Crippen LogP contribution >= 0.6 is 22.9 Å². The van der Waals surface area contributed by atoms with E-state index in [9.17, 15) is 18.0 Å². The highest BCUT2D eigenvalue weighted by Crippen LogP contribution is 2.31. The Bertz CT molecular complexity index is 1080. The van der Waals surface area contributed by atoms with Gasteiger partial charge in [-0.25, -0.2) is 8.42 Å². The zero-order valence-corrected chi connectivity index (χ0v) is 18.1. The lowest BCUT2D eigenvalue weighted by atomic mass is 10.3. The second kappa shape index (κ2) is 9.92. The molecule has 0 aliphatic carbocycles. The van der Waals surface area contributed by atoms with Gasteiger partial charge >= 0.3 is 11.8 Å². The first-order chi connectivity index (χ1) is 14.4. The Kier molecular flexibility index (Phi) is 7.30. The highest BCUT2D eigenvalue weighted by atomic mass is 35.5. The van der Waals surface area contributed by atoms with E-state index < -0.39 is 26.9 Å². The molecule has 0 radical (unpaired) electrons. The summed E-state index contributed by atoms with van der Waals surface area (Å²) in [5.74, 6) is -1.06. The largest absolute Gasteiger partial charge is 0.469 e. The Labute approximate surface area is 183 Å². The van der Waals surface area contributed by atoms with E-state index in [1.54, 1.807) is 29.6 Å². The van der Waals surface area contributed by atoms with Crippen LogP contribution < -0.4 is 10.6 Å². The van der Waals surface area contributed by atoms with Gasteiger partial charge in [-0.1, -0.05) is 17.7 Å². The standard InChI is InChI=1S/C20H19ClN2O5S2/c21-14-5-7-16(8-6-14)30(26,27)18(17-4-2-12-29-17)13-23-20(25)19(24)22-10-9-15-3-1-11-28-15/h1-8,11-12,18H,9-10,13H2,(H,22,24)(H,23,25)/t18-/m0/s1. The van der Waals surface area contributed by atoms with E-state index in [1.165, 1.54) is 41.9 Å². The van der Waals surface area contributed by atoms with E-state index in [1.807, 2.05) is 0 Å². The number of hydrogen-bond acceptors (Lipinski definition) is 6. The molecule has 7 nitrogen and oxygen atoms in total. The van der Waals surface area contributed by atoms with E-state index >= 15 is 0 Å². The molecule has 1 atom stereocenters. The Morgan fingerprint density at radius 3 is 2.40 bits per heavy atom. The van der Waals surface area contributed by atoms with E-state index in [0.717, 1.165) is 0 Å². The van der Waals surface area contributed by atoms with Gasteiger partial charge < -0.3 is 15.1 Å². The quantitative estimate of drug-likeness (QED) is 0.496. The summed E-state index contributed by atoms with van der Waals surface area (Å²) in [6.45, 7) is -0.0207. The number of rotatable bonds is 8. The summed E-state index contributed by atoms with van der Waals surface area (Å²) in [5, 5.41) is 6.05. The zero-order valence-electron chi connectivity index (χ0n) is 15.7. The number of thiophene rings is 1. The van der Waals surface area contributed by atoms with Crippen LogP contribution in [0, 0.1) is 0 Å². The minimum atomic E-state index is -3.82. The molecule has 2 heterocycles. The van der Waals surface area contributed by atoms with E-state index in [4.69, 9.17) is 16.0 Å². The van der Waals surface area contributed by atoms with Crippen LogP contribution in [-0.4, -0.2) is 33.3 Å². The Balaban J connectivity index is 1.65. The van der Waals surface area contributed by atoms with Crippen molar-refractivity contribution in [2.24, 2.45) is 0 Å². The predicted octanol–water partition coefficient (Wildman–Crippen LogP) is 2.98. The van der Waals surface area contributed by atoms with Crippen LogP contribution in [0.25, 0.3) is 0 Å². The zero-order chi connectivity index (χ0) is 21.6. The van der Waals surface area contributed by atoms with Crippen LogP contribution in [0.15, 0.2) is 69.5 Å². The molecular weight excluding hydrogens is 448 g/mol. The number of hydrogen-bond donors (Lipinski definition) is 2. The molecule has 10 heteroatoms. The molecule has 1 aromatic carbocycles. The summed E-state index contributed by atoms with van der Waals surface area (Å²) < 4.78 is 31.4. The van der Waals surface area contributed by atoms with Gasteiger partial charge in [-0.3, -0.25) is 9.59 Å². The third-order valence-corrected chi connectivity index (χ3v) is 7.75. The summed E-state index contributed by atoms with van der Waals surface area (Å²) in [4.78, 5) is 24.8. The van der Waals surface area contributed by atoms with Crippen molar-refractivity contribution in [2.45, 2.75) is 16.6 Å². The van der Waals surface area contributed by atoms with Gasteiger partial charge in [0.1, 0.15) is 11.0 Å². The van der Waals surface area contributed by atoms with Crippen LogP contribution in [0.4, 0.5) is 0 Å². The number of halogens is 1. The summed E-state index contributed by atoms with van der Waals surface area (Å²) in [6.07, 6.45) is 1.96. The number of benzene rings is 1. The number of nitrogens with one attached hydrogen (secondary N) is 2. The lowest BCUT2D eigenvalue weighted by molar-refractivity contribution is -0.139. The van der Waals surface area contributed by atoms with Gasteiger partial charge in [0, 0.05) is 29.4 Å². The normalized spacial score (nSPS) is 12.3. The molecule has 0 fully saturated rings. The van der Waals surface area contributed by atoms with Crippen LogP contribution in [0.2, 0.25) is 5.02 Å². The molecular formula is C20H19ClN2O5S2. The minimum absolute atomic E-state index is 0.0856. The van der Waals surface area contributed by atoms with Gasteiger partial charge in [0.15, 0.2) is 9.84 Å². The molecule has 0 aliphatic heterocycles. The fourth-order valence-electron chi connectivity index (χ4n) is 2.73. The van der Waals surface area contributed by atoms with E-state index in [2.05, 4.69) is 10.6 Å². The summed E-state index contributed by atoms with van der Waals surface area (Å²) in [5.41, 5.74) is 0. The maximum Gasteiger partial charge on any atom is 0.309 e. The molecule has 3 aromatic rings. The molecule has 0 saturated carbocycles. The van der Waals surface area contributed by atoms with E-state index in [0.29, 0.717) is 22.1 Å². The molecule has 0 saturated heterocycles. The lowest BCUT2D eigenvalue weighted by Gasteiger charge is -2.17. The molecule has 2 amide bonds. The summed E-state index contributed by atoms with van der Waals surface area (Å²) >= 11 is 7.11. The monoisotopic (exact) mass is 466 g/mol. The number of furan rings is 1. The van der Waals surface area contributed by atoms with Crippen LogP contribution in [0.5, 0.6) is 0 Å². The molecule has 0 aliphatic rings. The highest BCUT2D eigenvalue weighted by molar-refractivity contribution is 7.91. The first kappa shape index (κ1) is 22.1. The molecule has 2 N–H and O–H groups in total. The fraction of sp³-hybridized carbons (Fsp3) is 0.200.